The molecule has 1 heterocycles. The van der Waals surface area contributed by atoms with Crippen LogP contribution in [-0.2, 0) is 6.18 Å². The van der Waals surface area contributed by atoms with E-state index in [1.165, 1.54) is 25.3 Å². The van der Waals surface area contributed by atoms with E-state index < -0.39 is 17.6 Å². The Morgan fingerprint density at radius 3 is 2.29 bits per heavy atom. The predicted molar refractivity (Wildman–Crippen MR) is 104 cm³/mol. The molecule has 8 heteroatoms. The summed E-state index contributed by atoms with van der Waals surface area (Å²) in [6, 6.07) is 9.23. The molecule has 2 aromatic rings. The van der Waals surface area contributed by atoms with Crippen LogP contribution in [0.5, 0.6) is 5.75 Å². The van der Waals surface area contributed by atoms with E-state index in [1.807, 2.05) is 17.9 Å². The van der Waals surface area contributed by atoms with Crippen LogP contribution < -0.4 is 9.64 Å². The molecule has 0 saturated carbocycles. The second kappa shape index (κ2) is 8.29. The van der Waals surface area contributed by atoms with Gasteiger partial charge in [0.2, 0.25) is 0 Å². The van der Waals surface area contributed by atoms with E-state index in [-0.39, 0.29) is 16.3 Å². The predicted octanol–water partition coefficient (Wildman–Crippen LogP) is 5.50. The maximum atomic E-state index is 14.0. The van der Waals surface area contributed by atoms with Gasteiger partial charge in [-0.3, -0.25) is 4.90 Å². The molecule has 1 atom stereocenters. The first kappa shape index (κ1) is 20.9. The normalized spacial score (nSPS) is 16.9. The third-order valence-corrected chi connectivity index (χ3v) is 5.83. The lowest BCUT2D eigenvalue weighted by atomic mass is 10.1. The van der Waals surface area contributed by atoms with Crippen molar-refractivity contribution in [2.75, 3.05) is 38.2 Å². The average molecular weight is 461 g/mol. The van der Waals surface area contributed by atoms with Gasteiger partial charge in [-0.1, -0.05) is 22.0 Å². The quantitative estimate of drug-likeness (QED) is 0.560. The van der Waals surface area contributed by atoms with Crippen LogP contribution in [0.2, 0.25) is 0 Å². The SMILES string of the molecule is COc1ccc(C(C)N2CCN(c3ccc(Br)c(C(F)(F)F)c3)CC2)cc1F. The lowest BCUT2D eigenvalue weighted by Gasteiger charge is -2.39. The van der Waals surface area contributed by atoms with E-state index in [4.69, 9.17) is 4.74 Å². The minimum absolute atomic E-state index is 0.00166. The third-order valence-electron chi connectivity index (χ3n) is 5.14. The summed E-state index contributed by atoms with van der Waals surface area (Å²) >= 11 is 2.97. The Bertz CT molecular complexity index is 835. The van der Waals surface area contributed by atoms with Gasteiger partial charge in [-0.25, -0.2) is 4.39 Å². The second-order valence-corrected chi connectivity index (χ2v) is 7.61. The molecule has 0 aliphatic carbocycles. The molecule has 152 valence electrons. The summed E-state index contributed by atoms with van der Waals surface area (Å²) < 4.78 is 58.4. The smallest absolute Gasteiger partial charge is 0.417 e. The molecule has 0 amide bonds. The molecule has 3 rings (SSSR count). The summed E-state index contributed by atoms with van der Waals surface area (Å²) in [5.41, 5.74) is 0.725. The molecular weight excluding hydrogens is 440 g/mol. The summed E-state index contributed by atoms with van der Waals surface area (Å²) in [4.78, 5) is 4.14. The van der Waals surface area contributed by atoms with Crippen LogP contribution in [0, 0.1) is 5.82 Å². The molecule has 0 spiro atoms. The Balaban J connectivity index is 1.68. The zero-order chi connectivity index (χ0) is 20.5. The van der Waals surface area contributed by atoms with E-state index in [0.29, 0.717) is 31.9 Å². The van der Waals surface area contributed by atoms with Gasteiger partial charge in [-0.05, 0) is 42.8 Å². The molecule has 28 heavy (non-hydrogen) atoms. The van der Waals surface area contributed by atoms with Gasteiger partial charge in [-0.15, -0.1) is 0 Å². The van der Waals surface area contributed by atoms with Crippen LogP contribution in [0.15, 0.2) is 40.9 Å². The summed E-state index contributed by atoms with van der Waals surface area (Å²) in [6.07, 6.45) is -4.40. The number of methoxy groups -OCH3 is 1. The number of ether oxygens (including phenoxy) is 1. The molecule has 1 fully saturated rings. The Kier molecular flexibility index (Phi) is 6.19. The van der Waals surface area contributed by atoms with E-state index in [2.05, 4.69) is 20.8 Å². The van der Waals surface area contributed by atoms with Crippen molar-refractivity contribution < 1.29 is 22.3 Å². The molecule has 0 aromatic heterocycles. The van der Waals surface area contributed by atoms with Gasteiger partial charge in [0, 0.05) is 42.4 Å². The summed E-state index contributed by atoms with van der Waals surface area (Å²) in [6.45, 7) is 4.54. The van der Waals surface area contributed by atoms with Gasteiger partial charge in [-0.2, -0.15) is 13.2 Å². The number of benzene rings is 2. The molecule has 2 aromatic carbocycles. The molecule has 0 radical (unpaired) electrons. The number of halogens is 5. The van der Waals surface area contributed by atoms with E-state index in [9.17, 15) is 17.6 Å². The summed E-state index contributed by atoms with van der Waals surface area (Å²) in [5, 5.41) is 0. The number of alkyl halides is 3. The van der Waals surface area contributed by atoms with Gasteiger partial charge in [0.15, 0.2) is 11.6 Å². The minimum Gasteiger partial charge on any atom is -0.494 e. The fraction of sp³-hybridized carbons (Fsp3) is 0.400. The zero-order valence-corrected chi connectivity index (χ0v) is 17.1. The summed E-state index contributed by atoms with van der Waals surface area (Å²) in [7, 11) is 1.42. The van der Waals surface area contributed by atoms with Crippen molar-refractivity contribution in [2.24, 2.45) is 0 Å². The van der Waals surface area contributed by atoms with Crippen LogP contribution in [0.4, 0.5) is 23.2 Å². The lowest BCUT2D eigenvalue weighted by molar-refractivity contribution is -0.138. The number of hydrogen-bond acceptors (Lipinski definition) is 3. The van der Waals surface area contributed by atoms with E-state index in [0.717, 1.165) is 5.56 Å². The van der Waals surface area contributed by atoms with Gasteiger partial charge in [0.05, 0.1) is 12.7 Å². The average Bonchev–Trinajstić information content (AvgIpc) is 2.67. The number of piperazine rings is 1. The molecule has 1 aliphatic rings. The molecule has 1 unspecified atom stereocenters. The van der Waals surface area contributed by atoms with Gasteiger partial charge < -0.3 is 9.64 Å². The van der Waals surface area contributed by atoms with Crippen molar-refractivity contribution >= 4 is 21.6 Å². The monoisotopic (exact) mass is 460 g/mol. The summed E-state index contributed by atoms with van der Waals surface area (Å²) in [5.74, 6) is -0.198. The van der Waals surface area contributed by atoms with Crippen LogP contribution in [-0.4, -0.2) is 38.2 Å². The van der Waals surface area contributed by atoms with Crippen LogP contribution in [0.25, 0.3) is 0 Å². The number of nitrogens with zero attached hydrogens (tertiary/aromatic N) is 2. The standard InChI is InChI=1S/C20H21BrF4N2O/c1-13(14-3-6-19(28-2)18(22)11-14)26-7-9-27(10-8-26)15-4-5-17(21)16(12-15)20(23,24)25/h3-6,11-13H,7-10H2,1-2H3. The second-order valence-electron chi connectivity index (χ2n) is 6.75. The first-order valence-corrected chi connectivity index (χ1v) is 9.69. The first-order valence-electron chi connectivity index (χ1n) is 8.90. The maximum absolute atomic E-state index is 14.0. The topological polar surface area (TPSA) is 15.7 Å². The fourth-order valence-corrected chi connectivity index (χ4v) is 3.92. The third kappa shape index (κ3) is 4.43. The lowest BCUT2D eigenvalue weighted by Crippen LogP contribution is -2.47. The van der Waals surface area contributed by atoms with Crippen molar-refractivity contribution in [1.29, 1.82) is 0 Å². The minimum atomic E-state index is -4.40. The highest BCUT2D eigenvalue weighted by molar-refractivity contribution is 9.10. The molecule has 3 nitrogen and oxygen atoms in total. The molecular formula is C20H21BrF4N2O. The number of hydrogen-bond donors (Lipinski definition) is 0. The van der Waals surface area contributed by atoms with Crippen molar-refractivity contribution in [2.45, 2.75) is 19.1 Å². The van der Waals surface area contributed by atoms with Crippen molar-refractivity contribution in [3.63, 3.8) is 0 Å². The Morgan fingerprint density at radius 2 is 1.71 bits per heavy atom. The van der Waals surface area contributed by atoms with Gasteiger partial charge in [0.25, 0.3) is 0 Å². The van der Waals surface area contributed by atoms with Crippen LogP contribution in [0.1, 0.15) is 24.1 Å². The molecule has 0 N–H and O–H groups in total. The zero-order valence-electron chi connectivity index (χ0n) is 15.6. The van der Waals surface area contributed by atoms with Crippen molar-refractivity contribution in [3.8, 4) is 5.75 Å². The number of anilines is 1. The van der Waals surface area contributed by atoms with Crippen molar-refractivity contribution in [3.05, 3.63) is 57.8 Å². The highest BCUT2D eigenvalue weighted by Crippen LogP contribution is 2.37. The molecule has 1 aliphatic heterocycles. The fourth-order valence-electron chi connectivity index (χ4n) is 3.45. The van der Waals surface area contributed by atoms with E-state index in [1.54, 1.807) is 12.1 Å². The highest BCUT2D eigenvalue weighted by atomic mass is 79.9. The van der Waals surface area contributed by atoms with Crippen LogP contribution in [0.3, 0.4) is 0 Å². The Morgan fingerprint density at radius 1 is 1.04 bits per heavy atom. The van der Waals surface area contributed by atoms with Gasteiger partial charge >= 0.3 is 6.18 Å². The van der Waals surface area contributed by atoms with Crippen molar-refractivity contribution in [1.82, 2.24) is 4.90 Å². The molecule has 0 bridgehead atoms. The van der Waals surface area contributed by atoms with E-state index >= 15 is 0 Å². The first-order chi connectivity index (χ1) is 13.2. The number of rotatable bonds is 4. The Hall–Kier alpha value is -1.80. The highest BCUT2D eigenvalue weighted by Gasteiger charge is 2.34. The maximum Gasteiger partial charge on any atom is 0.417 e. The Labute approximate surface area is 170 Å². The molecule has 1 saturated heterocycles. The largest absolute Gasteiger partial charge is 0.494 e. The van der Waals surface area contributed by atoms with Crippen LogP contribution >= 0.6 is 15.9 Å². The van der Waals surface area contributed by atoms with Gasteiger partial charge in [0.1, 0.15) is 0 Å².